The zero-order chi connectivity index (χ0) is 13.8. The van der Waals surface area contributed by atoms with E-state index in [9.17, 15) is 13.6 Å². The van der Waals surface area contributed by atoms with Crippen LogP contribution in [0.2, 0.25) is 0 Å². The van der Waals surface area contributed by atoms with Crippen molar-refractivity contribution in [1.29, 1.82) is 0 Å². The minimum atomic E-state index is -0.798. The first-order chi connectivity index (χ1) is 9.06. The number of hydrogen-bond donors (Lipinski definition) is 3. The van der Waals surface area contributed by atoms with Gasteiger partial charge < -0.3 is 16.4 Å². The monoisotopic (exact) mass is 269 g/mol. The summed E-state index contributed by atoms with van der Waals surface area (Å²) >= 11 is 0. The molecule has 2 amide bonds. The smallest absolute Gasteiger partial charge is 0.319 e. The highest BCUT2D eigenvalue weighted by molar-refractivity contribution is 5.89. The minimum absolute atomic E-state index is 0.0466. The molecule has 0 radical (unpaired) electrons. The van der Waals surface area contributed by atoms with Gasteiger partial charge >= 0.3 is 6.03 Å². The van der Waals surface area contributed by atoms with Gasteiger partial charge in [0.2, 0.25) is 0 Å². The number of benzene rings is 1. The van der Waals surface area contributed by atoms with Crippen LogP contribution in [-0.4, -0.2) is 18.6 Å². The van der Waals surface area contributed by atoms with E-state index >= 15 is 0 Å². The first kappa shape index (κ1) is 13.7. The topological polar surface area (TPSA) is 67.1 Å². The van der Waals surface area contributed by atoms with E-state index in [-0.39, 0.29) is 17.6 Å². The molecule has 2 unspecified atom stereocenters. The van der Waals surface area contributed by atoms with Crippen LogP contribution in [0.1, 0.15) is 19.3 Å². The Bertz CT molecular complexity index is 467. The van der Waals surface area contributed by atoms with Crippen LogP contribution >= 0.6 is 0 Å². The maximum absolute atomic E-state index is 13.3. The van der Waals surface area contributed by atoms with Gasteiger partial charge in [0, 0.05) is 18.7 Å². The van der Waals surface area contributed by atoms with E-state index in [2.05, 4.69) is 10.6 Å². The van der Waals surface area contributed by atoms with E-state index < -0.39 is 17.7 Å². The third kappa shape index (κ3) is 3.64. The Hall–Kier alpha value is -1.69. The predicted octanol–water partition coefficient (Wildman–Crippen LogP) is 2.21. The van der Waals surface area contributed by atoms with Crippen molar-refractivity contribution in [3.63, 3.8) is 0 Å². The van der Waals surface area contributed by atoms with Gasteiger partial charge in [-0.2, -0.15) is 0 Å². The van der Waals surface area contributed by atoms with Crippen molar-refractivity contribution < 1.29 is 13.6 Å². The first-order valence-corrected chi connectivity index (χ1v) is 6.32. The van der Waals surface area contributed by atoms with Crippen molar-refractivity contribution in [3.8, 4) is 0 Å². The van der Waals surface area contributed by atoms with Crippen molar-refractivity contribution in [2.45, 2.75) is 25.3 Å². The molecule has 104 valence electrons. The second kappa shape index (κ2) is 5.97. The molecule has 0 saturated heterocycles. The molecule has 0 heterocycles. The number of urea groups is 1. The molecule has 0 aromatic heterocycles. The van der Waals surface area contributed by atoms with Crippen LogP contribution in [0.5, 0.6) is 0 Å². The lowest BCUT2D eigenvalue weighted by molar-refractivity contribution is 0.249. The molecule has 1 aromatic rings. The Balaban J connectivity index is 1.84. The fraction of sp³-hybridized carbons (Fsp3) is 0.462. The second-order valence-corrected chi connectivity index (χ2v) is 4.81. The van der Waals surface area contributed by atoms with Crippen LogP contribution < -0.4 is 16.4 Å². The maximum atomic E-state index is 13.3. The highest BCUT2D eigenvalue weighted by atomic mass is 19.1. The van der Waals surface area contributed by atoms with Gasteiger partial charge in [0.1, 0.15) is 11.6 Å². The Morgan fingerprint density at radius 1 is 1.37 bits per heavy atom. The number of carbonyl (C=O) groups is 1. The molecule has 1 aliphatic rings. The fourth-order valence-electron chi connectivity index (χ4n) is 2.30. The SMILES string of the molecule is NC1CCCC1CNC(=O)Nc1ccc(F)cc1F. The van der Waals surface area contributed by atoms with E-state index in [4.69, 9.17) is 5.73 Å². The summed E-state index contributed by atoms with van der Waals surface area (Å²) in [6.07, 6.45) is 3.04. The zero-order valence-electron chi connectivity index (χ0n) is 10.5. The lowest BCUT2D eigenvalue weighted by Gasteiger charge is -2.16. The Morgan fingerprint density at radius 2 is 2.16 bits per heavy atom. The number of nitrogens with two attached hydrogens (primary N) is 1. The molecule has 19 heavy (non-hydrogen) atoms. The maximum Gasteiger partial charge on any atom is 0.319 e. The van der Waals surface area contributed by atoms with Crippen molar-refractivity contribution >= 4 is 11.7 Å². The van der Waals surface area contributed by atoms with Crippen molar-refractivity contribution in [2.24, 2.45) is 11.7 Å². The molecule has 1 fully saturated rings. The summed E-state index contributed by atoms with van der Waals surface area (Å²) in [6, 6.07) is 2.60. The van der Waals surface area contributed by atoms with Gasteiger partial charge in [-0.25, -0.2) is 13.6 Å². The molecule has 0 bridgehead atoms. The Kier molecular flexibility index (Phi) is 4.31. The van der Waals surface area contributed by atoms with Gasteiger partial charge in [-0.1, -0.05) is 6.42 Å². The standard InChI is InChI=1S/C13H17F2N3O/c14-9-4-5-12(10(15)6-9)18-13(19)17-7-8-2-1-3-11(8)16/h4-6,8,11H,1-3,7,16H2,(H2,17,18,19). The lowest BCUT2D eigenvalue weighted by Crippen LogP contribution is -2.38. The van der Waals surface area contributed by atoms with E-state index in [0.717, 1.165) is 31.4 Å². The molecular formula is C13H17F2N3O. The van der Waals surface area contributed by atoms with Crippen LogP contribution in [0.15, 0.2) is 18.2 Å². The normalized spacial score (nSPS) is 22.3. The quantitative estimate of drug-likeness (QED) is 0.787. The van der Waals surface area contributed by atoms with E-state index in [1.165, 1.54) is 6.07 Å². The second-order valence-electron chi connectivity index (χ2n) is 4.81. The van der Waals surface area contributed by atoms with Crippen LogP contribution in [0.4, 0.5) is 19.3 Å². The molecule has 1 saturated carbocycles. The summed E-state index contributed by atoms with van der Waals surface area (Å²) in [6.45, 7) is 0.468. The summed E-state index contributed by atoms with van der Waals surface area (Å²) in [5.74, 6) is -1.21. The molecule has 4 nitrogen and oxygen atoms in total. The van der Waals surface area contributed by atoms with Crippen LogP contribution in [-0.2, 0) is 0 Å². The van der Waals surface area contributed by atoms with Crippen LogP contribution in [0.3, 0.4) is 0 Å². The lowest BCUT2D eigenvalue weighted by atomic mass is 10.1. The zero-order valence-corrected chi connectivity index (χ0v) is 10.5. The molecular weight excluding hydrogens is 252 g/mol. The summed E-state index contributed by atoms with van der Waals surface area (Å²) in [4.78, 5) is 11.6. The van der Waals surface area contributed by atoms with Gasteiger partial charge in [0.25, 0.3) is 0 Å². The number of anilines is 1. The highest BCUT2D eigenvalue weighted by Gasteiger charge is 2.24. The number of nitrogens with one attached hydrogen (secondary N) is 2. The Labute approximate surface area is 110 Å². The molecule has 6 heteroatoms. The molecule has 4 N–H and O–H groups in total. The predicted molar refractivity (Wildman–Crippen MR) is 68.7 cm³/mol. The van der Waals surface area contributed by atoms with E-state index in [1.54, 1.807) is 0 Å². The third-order valence-electron chi connectivity index (χ3n) is 3.42. The van der Waals surface area contributed by atoms with E-state index in [1.807, 2.05) is 0 Å². The average Bonchev–Trinajstić information content (AvgIpc) is 2.76. The summed E-state index contributed by atoms with van der Waals surface area (Å²) < 4.78 is 26.0. The molecule has 1 aromatic carbocycles. The summed E-state index contributed by atoms with van der Waals surface area (Å²) in [7, 11) is 0. The summed E-state index contributed by atoms with van der Waals surface area (Å²) in [5.41, 5.74) is 5.84. The van der Waals surface area contributed by atoms with Gasteiger partial charge in [-0.15, -0.1) is 0 Å². The van der Waals surface area contributed by atoms with Gasteiger partial charge in [-0.3, -0.25) is 0 Å². The van der Waals surface area contributed by atoms with Crippen LogP contribution in [0, 0.1) is 17.6 Å². The summed E-state index contributed by atoms with van der Waals surface area (Å²) in [5, 5.41) is 5.00. The first-order valence-electron chi connectivity index (χ1n) is 6.32. The fourth-order valence-corrected chi connectivity index (χ4v) is 2.30. The molecule has 1 aliphatic carbocycles. The minimum Gasteiger partial charge on any atom is -0.338 e. The number of hydrogen-bond acceptors (Lipinski definition) is 2. The van der Waals surface area contributed by atoms with Crippen molar-refractivity contribution in [3.05, 3.63) is 29.8 Å². The largest absolute Gasteiger partial charge is 0.338 e. The number of carbonyl (C=O) groups excluding carboxylic acids is 1. The van der Waals surface area contributed by atoms with E-state index in [0.29, 0.717) is 6.54 Å². The molecule has 0 aliphatic heterocycles. The van der Waals surface area contributed by atoms with Crippen LogP contribution in [0.25, 0.3) is 0 Å². The number of rotatable bonds is 3. The Morgan fingerprint density at radius 3 is 2.79 bits per heavy atom. The van der Waals surface area contributed by atoms with Gasteiger partial charge in [0.15, 0.2) is 0 Å². The average molecular weight is 269 g/mol. The van der Waals surface area contributed by atoms with Gasteiger partial charge in [-0.05, 0) is 30.9 Å². The third-order valence-corrected chi connectivity index (χ3v) is 3.42. The number of halogens is 2. The van der Waals surface area contributed by atoms with Crippen molar-refractivity contribution in [2.75, 3.05) is 11.9 Å². The number of amides is 2. The molecule has 2 rings (SSSR count). The highest BCUT2D eigenvalue weighted by Crippen LogP contribution is 2.23. The molecule has 0 spiro atoms. The molecule has 2 atom stereocenters. The van der Waals surface area contributed by atoms with Crippen molar-refractivity contribution in [1.82, 2.24) is 5.32 Å². The van der Waals surface area contributed by atoms with Gasteiger partial charge in [0.05, 0.1) is 5.69 Å².